The van der Waals surface area contributed by atoms with Gasteiger partial charge in [0, 0.05) is 7.11 Å². The molecule has 0 aliphatic rings. The Hall–Kier alpha value is -1.55. The van der Waals surface area contributed by atoms with Gasteiger partial charge in [-0.2, -0.15) is 0 Å². The van der Waals surface area contributed by atoms with Gasteiger partial charge in [-0.25, -0.2) is 4.79 Å². The van der Waals surface area contributed by atoms with Gasteiger partial charge in [-0.3, -0.25) is 0 Å². The molecule has 0 bridgehead atoms. The minimum atomic E-state index is -0.707. The third-order valence-corrected chi connectivity index (χ3v) is 1.79. The van der Waals surface area contributed by atoms with E-state index in [1.54, 1.807) is 12.1 Å². The quantitative estimate of drug-likeness (QED) is 0.434. The van der Waals surface area contributed by atoms with Crippen LogP contribution >= 0.6 is 0 Å². The van der Waals surface area contributed by atoms with E-state index in [1.165, 1.54) is 7.11 Å². The first-order chi connectivity index (χ1) is 7.24. The van der Waals surface area contributed by atoms with Gasteiger partial charge in [-0.1, -0.05) is 18.2 Å². The maximum Gasteiger partial charge on any atom is 0.513 e. The normalized spacial score (nSPS) is 9.73. The zero-order chi connectivity index (χ0) is 11.1. The van der Waals surface area contributed by atoms with Crippen LogP contribution in [-0.2, 0) is 9.47 Å². The molecule has 0 aliphatic heterocycles. The molecule has 0 saturated carbocycles. The second-order valence-electron chi connectivity index (χ2n) is 2.96. The first-order valence-corrected chi connectivity index (χ1v) is 4.63. The zero-order valence-corrected chi connectivity index (χ0v) is 8.86. The number of hydrogen-bond donors (Lipinski definition) is 0. The molecule has 0 aliphatic carbocycles. The number of para-hydroxylation sites is 1. The molecule has 1 aromatic rings. The molecule has 0 N–H and O–H groups in total. The largest absolute Gasteiger partial charge is 0.513 e. The fraction of sp³-hybridized carbons (Fsp3) is 0.364. The maximum absolute atomic E-state index is 11.1. The molecule has 0 unspecified atom stereocenters. The summed E-state index contributed by atoms with van der Waals surface area (Å²) in [5.41, 5.74) is 0.890. The third kappa shape index (κ3) is 3.99. The topological polar surface area (TPSA) is 44.8 Å². The summed E-state index contributed by atoms with van der Waals surface area (Å²) in [7, 11) is 1.54. The summed E-state index contributed by atoms with van der Waals surface area (Å²) < 4.78 is 14.5. The van der Waals surface area contributed by atoms with Crippen LogP contribution < -0.4 is 4.74 Å². The fourth-order valence-corrected chi connectivity index (χ4v) is 0.999. The lowest BCUT2D eigenvalue weighted by Gasteiger charge is -2.07. The lowest BCUT2D eigenvalue weighted by Crippen LogP contribution is -2.14. The summed E-state index contributed by atoms with van der Waals surface area (Å²) in [6, 6.07) is 7.24. The van der Waals surface area contributed by atoms with Crippen molar-refractivity contribution in [3.05, 3.63) is 29.8 Å². The summed E-state index contributed by atoms with van der Waals surface area (Å²) in [6.07, 6.45) is -0.707. The van der Waals surface area contributed by atoms with Gasteiger partial charge in [0.25, 0.3) is 0 Å². The van der Waals surface area contributed by atoms with Crippen LogP contribution in [-0.4, -0.2) is 26.5 Å². The molecule has 15 heavy (non-hydrogen) atoms. The highest BCUT2D eigenvalue weighted by atomic mass is 16.7. The first-order valence-electron chi connectivity index (χ1n) is 4.63. The smallest absolute Gasteiger partial charge is 0.432 e. The van der Waals surface area contributed by atoms with E-state index in [9.17, 15) is 4.79 Å². The van der Waals surface area contributed by atoms with Crippen LogP contribution in [0.1, 0.15) is 5.56 Å². The van der Waals surface area contributed by atoms with E-state index in [1.807, 2.05) is 19.1 Å². The van der Waals surface area contributed by atoms with Crippen molar-refractivity contribution in [2.75, 3.05) is 20.3 Å². The summed E-state index contributed by atoms with van der Waals surface area (Å²) in [5, 5.41) is 0. The van der Waals surface area contributed by atoms with Crippen molar-refractivity contribution >= 4 is 6.16 Å². The van der Waals surface area contributed by atoms with Gasteiger partial charge in [-0.15, -0.1) is 0 Å². The predicted octanol–water partition coefficient (Wildman–Crippen LogP) is 2.16. The van der Waals surface area contributed by atoms with Crippen LogP contribution in [0, 0.1) is 6.92 Å². The number of methoxy groups -OCH3 is 1. The van der Waals surface area contributed by atoms with E-state index >= 15 is 0 Å². The van der Waals surface area contributed by atoms with E-state index < -0.39 is 6.16 Å². The molecule has 0 radical (unpaired) electrons. The zero-order valence-electron chi connectivity index (χ0n) is 8.86. The molecule has 82 valence electrons. The minimum absolute atomic E-state index is 0.196. The number of hydrogen-bond acceptors (Lipinski definition) is 4. The molecule has 0 heterocycles. The van der Waals surface area contributed by atoms with Crippen molar-refractivity contribution in [3.8, 4) is 5.75 Å². The third-order valence-electron chi connectivity index (χ3n) is 1.79. The molecule has 0 atom stereocenters. The lowest BCUT2D eigenvalue weighted by molar-refractivity contribution is 0.0684. The minimum Gasteiger partial charge on any atom is -0.432 e. The molecule has 0 amide bonds. The SMILES string of the molecule is COCCOC(=O)Oc1ccccc1C. The van der Waals surface area contributed by atoms with Crippen LogP contribution in [0.2, 0.25) is 0 Å². The van der Waals surface area contributed by atoms with E-state index in [0.717, 1.165) is 5.56 Å². The Morgan fingerprint density at radius 1 is 1.27 bits per heavy atom. The van der Waals surface area contributed by atoms with Gasteiger partial charge in [0.05, 0.1) is 6.61 Å². The maximum atomic E-state index is 11.1. The predicted molar refractivity (Wildman–Crippen MR) is 55.0 cm³/mol. The highest BCUT2D eigenvalue weighted by Gasteiger charge is 2.06. The molecule has 0 aromatic heterocycles. The van der Waals surface area contributed by atoms with Crippen LogP contribution in [0.3, 0.4) is 0 Å². The van der Waals surface area contributed by atoms with Crippen molar-refractivity contribution in [3.63, 3.8) is 0 Å². The number of ether oxygens (including phenoxy) is 3. The molecular formula is C11H14O4. The van der Waals surface area contributed by atoms with Crippen LogP contribution in [0.25, 0.3) is 0 Å². The van der Waals surface area contributed by atoms with Gasteiger partial charge in [0.1, 0.15) is 12.4 Å². The Morgan fingerprint density at radius 3 is 2.67 bits per heavy atom. The van der Waals surface area contributed by atoms with Crippen molar-refractivity contribution in [1.82, 2.24) is 0 Å². The molecule has 4 heteroatoms. The summed E-state index contributed by atoms with van der Waals surface area (Å²) >= 11 is 0. The van der Waals surface area contributed by atoms with E-state index in [2.05, 4.69) is 0 Å². The number of carbonyl (C=O) groups is 1. The van der Waals surface area contributed by atoms with Crippen molar-refractivity contribution < 1.29 is 19.0 Å². The Kier molecular flexibility index (Phi) is 4.63. The van der Waals surface area contributed by atoms with E-state index in [0.29, 0.717) is 12.4 Å². The highest BCUT2D eigenvalue weighted by molar-refractivity contribution is 5.64. The van der Waals surface area contributed by atoms with E-state index in [4.69, 9.17) is 14.2 Å². The second-order valence-corrected chi connectivity index (χ2v) is 2.96. The number of aryl methyl sites for hydroxylation is 1. The van der Waals surface area contributed by atoms with Gasteiger partial charge in [0.15, 0.2) is 0 Å². The lowest BCUT2D eigenvalue weighted by atomic mass is 10.2. The van der Waals surface area contributed by atoms with Gasteiger partial charge < -0.3 is 14.2 Å². The number of rotatable bonds is 4. The van der Waals surface area contributed by atoms with Crippen molar-refractivity contribution in [1.29, 1.82) is 0 Å². The molecule has 0 fully saturated rings. The second kappa shape index (κ2) is 6.03. The monoisotopic (exact) mass is 210 g/mol. The average Bonchev–Trinajstić information content (AvgIpc) is 2.22. The summed E-state index contributed by atoms with van der Waals surface area (Å²) in [5.74, 6) is 0.514. The van der Waals surface area contributed by atoms with Gasteiger partial charge in [0.2, 0.25) is 0 Å². The van der Waals surface area contributed by atoms with Crippen LogP contribution in [0.15, 0.2) is 24.3 Å². The van der Waals surface area contributed by atoms with Crippen molar-refractivity contribution in [2.45, 2.75) is 6.92 Å². The van der Waals surface area contributed by atoms with Crippen LogP contribution in [0.4, 0.5) is 4.79 Å². The molecule has 0 spiro atoms. The van der Waals surface area contributed by atoms with Gasteiger partial charge >= 0.3 is 6.16 Å². The number of benzene rings is 1. The number of carbonyl (C=O) groups excluding carboxylic acids is 1. The molecule has 1 aromatic carbocycles. The van der Waals surface area contributed by atoms with Crippen LogP contribution in [0.5, 0.6) is 5.75 Å². The Balaban J connectivity index is 2.41. The molecular weight excluding hydrogens is 196 g/mol. The Bertz CT molecular complexity index is 322. The Labute approximate surface area is 88.8 Å². The Morgan fingerprint density at radius 2 is 2.00 bits per heavy atom. The van der Waals surface area contributed by atoms with Crippen molar-refractivity contribution in [2.24, 2.45) is 0 Å². The standard InChI is InChI=1S/C11H14O4/c1-9-5-3-4-6-10(9)15-11(12)14-8-7-13-2/h3-6H,7-8H2,1-2H3. The summed E-state index contributed by atoms with van der Waals surface area (Å²) in [4.78, 5) is 11.1. The van der Waals surface area contributed by atoms with Gasteiger partial charge in [-0.05, 0) is 18.6 Å². The molecule has 0 saturated heterocycles. The molecule has 1 rings (SSSR count). The average molecular weight is 210 g/mol. The highest BCUT2D eigenvalue weighted by Crippen LogP contribution is 2.16. The molecule has 4 nitrogen and oxygen atoms in total. The fourth-order valence-electron chi connectivity index (χ4n) is 0.999. The van der Waals surface area contributed by atoms with E-state index in [-0.39, 0.29) is 6.61 Å². The summed E-state index contributed by atoms with van der Waals surface area (Å²) in [6.45, 7) is 2.42. The first kappa shape index (κ1) is 11.5.